The molecule has 3 aromatic rings. The molecule has 1 aliphatic heterocycles. The average molecular weight is 436 g/mol. The lowest BCUT2D eigenvalue weighted by Gasteiger charge is -2.31. The molecule has 1 aliphatic rings. The molecule has 0 spiro atoms. The van der Waals surface area contributed by atoms with Crippen molar-refractivity contribution in [3.05, 3.63) is 58.1 Å². The van der Waals surface area contributed by atoms with Gasteiger partial charge < -0.3 is 9.84 Å². The van der Waals surface area contributed by atoms with Crippen molar-refractivity contribution in [3.63, 3.8) is 0 Å². The van der Waals surface area contributed by atoms with Crippen LogP contribution in [0, 0.1) is 0 Å². The largest absolute Gasteiger partial charge is 0.416 e. The molecule has 3 heterocycles. The Bertz CT molecular complexity index is 978. The normalized spacial score (nSPS) is 16.0. The highest BCUT2D eigenvalue weighted by Gasteiger charge is 2.30. The smallest absolute Gasteiger partial charge is 0.349 e. The predicted octanol–water partition coefficient (Wildman–Crippen LogP) is 4.21. The molecule has 0 saturated carbocycles. The standard InChI is InChI=1S/C20H19F3N4O2S/c21-20(22,23)15-3-1-13(2-4-15)18-25-17(29-26-18)11-27-8-5-16(6-9-27)24-19(28)14-7-10-30-12-14/h1-4,7,10,12,16H,5-6,8-9,11H2,(H,24,28). The van der Waals surface area contributed by atoms with Crippen LogP contribution in [0.5, 0.6) is 0 Å². The number of halogens is 3. The molecule has 0 radical (unpaired) electrons. The van der Waals surface area contributed by atoms with Crippen LogP contribution in [-0.4, -0.2) is 40.1 Å². The zero-order valence-electron chi connectivity index (χ0n) is 15.9. The van der Waals surface area contributed by atoms with Gasteiger partial charge >= 0.3 is 6.18 Å². The first-order chi connectivity index (χ1) is 14.4. The number of carbonyl (C=O) groups excluding carboxylic acids is 1. The summed E-state index contributed by atoms with van der Waals surface area (Å²) in [4.78, 5) is 18.6. The number of likely N-dealkylation sites (tertiary alicyclic amines) is 1. The van der Waals surface area contributed by atoms with Gasteiger partial charge in [-0.2, -0.15) is 29.5 Å². The highest BCUT2D eigenvalue weighted by molar-refractivity contribution is 7.08. The predicted molar refractivity (Wildman–Crippen MR) is 105 cm³/mol. The van der Waals surface area contributed by atoms with Crippen LogP contribution in [0.1, 0.15) is 34.7 Å². The molecule has 30 heavy (non-hydrogen) atoms. The van der Waals surface area contributed by atoms with Crippen molar-refractivity contribution in [3.8, 4) is 11.4 Å². The van der Waals surface area contributed by atoms with Gasteiger partial charge in [-0.05, 0) is 36.4 Å². The summed E-state index contributed by atoms with van der Waals surface area (Å²) in [6.45, 7) is 2.00. The number of piperidine rings is 1. The molecule has 2 aromatic heterocycles. The Morgan fingerprint density at radius 2 is 1.93 bits per heavy atom. The molecule has 0 unspecified atom stereocenters. The van der Waals surface area contributed by atoms with Gasteiger partial charge in [0.15, 0.2) is 0 Å². The summed E-state index contributed by atoms with van der Waals surface area (Å²) in [6, 6.07) is 6.59. The second-order valence-electron chi connectivity index (χ2n) is 7.12. The minimum atomic E-state index is -4.38. The number of rotatable bonds is 5. The summed E-state index contributed by atoms with van der Waals surface area (Å²) in [5, 5.41) is 10.6. The van der Waals surface area contributed by atoms with E-state index in [2.05, 4.69) is 20.4 Å². The Hall–Kier alpha value is -2.72. The molecule has 1 N–H and O–H groups in total. The van der Waals surface area contributed by atoms with Crippen LogP contribution in [0.15, 0.2) is 45.6 Å². The van der Waals surface area contributed by atoms with Gasteiger partial charge in [0.1, 0.15) is 0 Å². The van der Waals surface area contributed by atoms with E-state index in [1.807, 2.05) is 10.8 Å². The third-order valence-electron chi connectivity index (χ3n) is 5.00. The van der Waals surface area contributed by atoms with Gasteiger partial charge in [-0.25, -0.2) is 0 Å². The summed E-state index contributed by atoms with van der Waals surface area (Å²) in [6.07, 6.45) is -2.75. The molecule has 4 rings (SSSR count). The van der Waals surface area contributed by atoms with Gasteiger partial charge in [-0.3, -0.25) is 9.69 Å². The maximum Gasteiger partial charge on any atom is 0.416 e. The number of thiophene rings is 1. The van der Waals surface area contributed by atoms with Gasteiger partial charge in [0.05, 0.1) is 12.1 Å². The van der Waals surface area contributed by atoms with Gasteiger partial charge in [-0.1, -0.05) is 17.3 Å². The molecule has 1 aromatic carbocycles. The molecular formula is C20H19F3N4O2S. The number of carbonyl (C=O) groups is 1. The zero-order chi connectivity index (χ0) is 21.1. The lowest BCUT2D eigenvalue weighted by molar-refractivity contribution is -0.137. The van der Waals surface area contributed by atoms with Crippen molar-refractivity contribution in [2.45, 2.75) is 31.6 Å². The first-order valence-electron chi connectivity index (χ1n) is 9.44. The van der Waals surface area contributed by atoms with Crippen LogP contribution in [0.4, 0.5) is 13.2 Å². The molecule has 1 amide bonds. The number of amides is 1. The maximum atomic E-state index is 12.7. The van der Waals surface area contributed by atoms with E-state index >= 15 is 0 Å². The second kappa shape index (κ2) is 8.57. The SMILES string of the molecule is O=C(NC1CCN(Cc2nc(-c3ccc(C(F)(F)F)cc3)no2)CC1)c1ccsc1. The lowest BCUT2D eigenvalue weighted by Crippen LogP contribution is -2.44. The summed E-state index contributed by atoms with van der Waals surface area (Å²) in [5.74, 6) is 0.620. The number of nitrogens with one attached hydrogen (secondary N) is 1. The van der Waals surface area contributed by atoms with Gasteiger partial charge in [0, 0.05) is 35.6 Å². The Kier molecular flexibility index (Phi) is 5.87. The van der Waals surface area contributed by atoms with E-state index in [1.165, 1.54) is 23.5 Å². The van der Waals surface area contributed by atoms with Gasteiger partial charge in [0.2, 0.25) is 11.7 Å². The van der Waals surface area contributed by atoms with E-state index in [1.54, 1.807) is 6.07 Å². The molecule has 0 atom stereocenters. The number of hydrogen-bond donors (Lipinski definition) is 1. The number of benzene rings is 1. The third kappa shape index (κ3) is 4.88. The quantitative estimate of drug-likeness (QED) is 0.649. The van der Waals surface area contributed by atoms with Crippen molar-refractivity contribution in [2.75, 3.05) is 13.1 Å². The number of aromatic nitrogens is 2. The molecule has 1 fully saturated rings. The van der Waals surface area contributed by atoms with E-state index in [-0.39, 0.29) is 17.8 Å². The molecule has 158 valence electrons. The van der Waals surface area contributed by atoms with Crippen LogP contribution in [-0.2, 0) is 12.7 Å². The van der Waals surface area contributed by atoms with Crippen molar-refractivity contribution in [2.24, 2.45) is 0 Å². The fourth-order valence-corrected chi connectivity index (χ4v) is 3.97. The Labute approximate surface area is 174 Å². The molecule has 0 bridgehead atoms. The van der Waals surface area contributed by atoms with Crippen molar-refractivity contribution < 1.29 is 22.5 Å². The van der Waals surface area contributed by atoms with Crippen LogP contribution in [0.25, 0.3) is 11.4 Å². The van der Waals surface area contributed by atoms with E-state index < -0.39 is 11.7 Å². The average Bonchev–Trinajstić information content (AvgIpc) is 3.41. The maximum absolute atomic E-state index is 12.7. The van der Waals surface area contributed by atoms with E-state index in [9.17, 15) is 18.0 Å². The number of nitrogens with zero attached hydrogens (tertiary/aromatic N) is 3. The van der Waals surface area contributed by atoms with E-state index in [0.29, 0.717) is 23.6 Å². The highest BCUT2D eigenvalue weighted by atomic mass is 32.1. The second-order valence-corrected chi connectivity index (χ2v) is 7.90. The Morgan fingerprint density at radius 3 is 2.57 bits per heavy atom. The van der Waals surface area contributed by atoms with Crippen LogP contribution < -0.4 is 5.32 Å². The monoisotopic (exact) mass is 436 g/mol. The van der Waals surface area contributed by atoms with E-state index in [0.717, 1.165) is 38.1 Å². The summed E-state index contributed by atoms with van der Waals surface area (Å²) < 4.78 is 43.3. The molecular weight excluding hydrogens is 417 g/mol. The van der Waals surface area contributed by atoms with Crippen molar-refractivity contribution in [1.29, 1.82) is 0 Å². The molecule has 6 nitrogen and oxygen atoms in total. The lowest BCUT2D eigenvalue weighted by atomic mass is 10.0. The zero-order valence-corrected chi connectivity index (χ0v) is 16.7. The first kappa shape index (κ1) is 20.5. The minimum absolute atomic E-state index is 0.0483. The molecule has 1 saturated heterocycles. The third-order valence-corrected chi connectivity index (χ3v) is 5.69. The number of alkyl halides is 3. The topological polar surface area (TPSA) is 71.3 Å². The summed E-state index contributed by atoms with van der Waals surface area (Å²) in [5.41, 5.74) is 0.431. The van der Waals surface area contributed by atoms with Gasteiger partial charge in [-0.15, -0.1) is 0 Å². The van der Waals surface area contributed by atoms with Crippen LogP contribution >= 0.6 is 11.3 Å². The van der Waals surface area contributed by atoms with Crippen molar-refractivity contribution in [1.82, 2.24) is 20.4 Å². The molecule has 10 heteroatoms. The molecule has 0 aliphatic carbocycles. The first-order valence-corrected chi connectivity index (χ1v) is 10.4. The highest BCUT2D eigenvalue weighted by Crippen LogP contribution is 2.30. The van der Waals surface area contributed by atoms with Gasteiger partial charge in [0.25, 0.3) is 5.91 Å². The van der Waals surface area contributed by atoms with Crippen molar-refractivity contribution >= 4 is 17.2 Å². The fourth-order valence-electron chi connectivity index (χ4n) is 3.33. The minimum Gasteiger partial charge on any atom is -0.349 e. The summed E-state index contributed by atoms with van der Waals surface area (Å²) in [7, 11) is 0. The van der Waals surface area contributed by atoms with E-state index in [4.69, 9.17) is 4.52 Å². The number of hydrogen-bond acceptors (Lipinski definition) is 6. The Morgan fingerprint density at radius 1 is 1.20 bits per heavy atom. The van der Waals surface area contributed by atoms with Crippen LogP contribution in [0.2, 0.25) is 0 Å². The van der Waals surface area contributed by atoms with Crippen LogP contribution in [0.3, 0.4) is 0 Å². The Balaban J connectivity index is 1.29. The fraction of sp³-hybridized carbons (Fsp3) is 0.350. The summed E-state index contributed by atoms with van der Waals surface area (Å²) >= 11 is 1.49.